The molecule has 0 aromatic heterocycles. The van der Waals surface area contributed by atoms with Gasteiger partial charge in [-0.15, -0.1) is 0 Å². The largest absolute Gasteiger partial charge is 0.300 e. The summed E-state index contributed by atoms with van der Waals surface area (Å²) in [6, 6.07) is 0.777. The zero-order valence-electron chi connectivity index (χ0n) is 10.5. The minimum atomic E-state index is 0.678. The summed E-state index contributed by atoms with van der Waals surface area (Å²) in [7, 11) is 0. The summed E-state index contributed by atoms with van der Waals surface area (Å²) in [6.45, 7) is 12.0. The number of rotatable bonds is 7. The number of nitrogens with zero attached hydrogens (tertiary/aromatic N) is 1. The van der Waals surface area contributed by atoms with Gasteiger partial charge in [0.2, 0.25) is 0 Å². The Morgan fingerprint density at radius 2 is 1.93 bits per heavy atom. The minimum Gasteiger partial charge on any atom is -0.300 e. The standard InChI is InChI=1S/C13H27N/c1-5-7-10-14(12(3)6-2)11-13(4)8-9-13/h12H,5-11H2,1-4H3/t12-/m1/s1. The molecule has 1 nitrogen and oxygen atoms in total. The second-order valence-electron chi connectivity index (χ2n) is 5.39. The lowest BCUT2D eigenvalue weighted by atomic mass is 10.1. The molecule has 0 radical (unpaired) electrons. The lowest BCUT2D eigenvalue weighted by molar-refractivity contribution is 0.167. The van der Waals surface area contributed by atoms with Gasteiger partial charge in [0, 0.05) is 12.6 Å². The van der Waals surface area contributed by atoms with E-state index in [1.807, 2.05) is 0 Å². The highest BCUT2D eigenvalue weighted by Crippen LogP contribution is 2.45. The maximum Gasteiger partial charge on any atom is 0.00645 e. The predicted octanol–water partition coefficient (Wildman–Crippen LogP) is 3.69. The molecule has 0 spiro atoms. The second kappa shape index (κ2) is 5.16. The van der Waals surface area contributed by atoms with E-state index in [0.717, 1.165) is 6.04 Å². The Kier molecular flexibility index (Phi) is 4.43. The van der Waals surface area contributed by atoms with Crippen molar-refractivity contribution in [3.8, 4) is 0 Å². The first kappa shape index (κ1) is 12.0. The molecule has 14 heavy (non-hydrogen) atoms. The quantitative estimate of drug-likeness (QED) is 0.601. The molecule has 0 bridgehead atoms. The second-order valence-corrected chi connectivity index (χ2v) is 5.39. The molecule has 0 heterocycles. The van der Waals surface area contributed by atoms with E-state index in [1.54, 1.807) is 0 Å². The smallest absolute Gasteiger partial charge is 0.00645 e. The summed E-state index contributed by atoms with van der Waals surface area (Å²) in [5, 5.41) is 0. The molecule has 0 aromatic rings. The third-order valence-corrected chi connectivity index (χ3v) is 3.70. The fourth-order valence-electron chi connectivity index (χ4n) is 1.94. The van der Waals surface area contributed by atoms with Crippen molar-refractivity contribution in [3.63, 3.8) is 0 Å². The Hall–Kier alpha value is -0.0400. The molecule has 0 aliphatic heterocycles. The van der Waals surface area contributed by atoms with Gasteiger partial charge >= 0.3 is 0 Å². The van der Waals surface area contributed by atoms with Crippen LogP contribution in [0.15, 0.2) is 0 Å². The molecule has 1 fully saturated rings. The van der Waals surface area contributed by atoms with Gasteiger partial charge in [0.25, 0.3) is 0 Å². The maximum absolute atomic E-state index is 2.70. The SMILES string of the molecule is CCCCN(CC1(C)CC1)[C@H](C)CC. The molecule has 1 atom stereocenters. The predicted molar refractivity (Wildman–Crippen MR) is 63.6 cm³/mol. The summed E-state index contributed by atoms with van der Waals surface area (Å²) in [4.78, 5) is 2.70. The van der Waals surface area contributed by atoms with Crippen molar-refractivity contribution in [1.82, 2.24) is 4.90 Å². The first-order valence-corrected chi connectivity index (χ1v) is 6.35. The van der Waals surface area contributed by atoms with Crippen molar-refractivity contribution in [2.45, 2.75) is 65.8 Å². The Labute approximate surface area is 89.9 Å². The van der Waals surface area contributed by atoms with Crippen LogP contribution in [-0.4, -0.2) is 24.0 Å². The average molecular weight is 197 g/mol. The van der Waals surface area contributed by atoms with Gasteiger partial charge in [-0.1, -0.05) is 27.2 Å². The van der Waals surface area contributed by atoms with Crippen molar-refractivity contribution in [1.29, 1.82) is 0 Å². The van der Waals surface area contributed by atoms with Crippen molar-refractivity contribution >= 4 is 0 Å². The summed E-state index contributed by atoms with van der Waals surface area (Å²) in [6.07, 6.45) is 6.88. The van der Waals surface area contributed by atoms with Crippen LogP contribution in [0.2, 0.25) is 0 Å². The topological polar surface area (TPSA) is 3.24 Å². The van der Waals surface area contributed by atoms with Gasteiger partial charge in [0.1, 0.15) is 0 Å². The Balaban J connectivity index is 2.35. The number of hydrogen-bond acceptors (Lipinski definition) is 1. The minimum absolute atomic E-state index is 0.678. The Morgan fingerprint density at radius 3 is 2.36 bits per heavy atom. The van der Waals surface area contributed by atoms with Crippen molar-refractivity contribution in [2.75, 3.05) is 13.1 Å². The molecule has 0 aromatic carbocycles. The van der Waals surface area contributed by atoms with E-state index < -0.39 is 0 Å². The van der Waals surface area contributed by atoms with Crippen LogP contribution in [0.1, 0.15) is 59.8 Å². The van der Waals surface area contributed by atoms with E-state index in [0.29, 0.717) is 5.41 Å². The lowest BCUT2D eigenvalue weighted by Crippen LogP contribution is -2.37. The van der Waals surface area contributed by atoms with Gasteiger partial charge < -0.3 is 4.90 Å². The van der Waals surface area contributed by atoms with Gasteiger partial charge in [-0.05, 0) is 44.6 Å². The van der Waals surface area contributed by atoms with E-state index in [9.17, 15) is 0 Å². The Morgan fingerprint density at radius 1 is 1.29 bits per heavy atom. The summed E-state index contributed by atoms with van der Waals surface area (Å²) in [5.41, 5.74) is 0.678. The van der Waals surface area contributed by atoms with Crippen LogP contribution < -0.4 is 0 Å². The highest BCUT2D eigenvalue weighted by Gasteiger charge is 2.39. The zero-order chi connectivity index (χ0) is 10.6. The fourth-order valence-corrected chi connectivity index (χ4v) is 1.94. The monoisotopic (exact) mass is 197 g/mol. The summed E-state index contributed by atoms with van der Waals surface area (Å²) >= 11 is 0. The van der Waals surface area contributed by atoms with E-state index in [-0.39, 0.29) is 0 Å². The fraction of sp³-hybridized carbons (Fsp3) is 1.00. The molecule has 1 heteroatoms. The van der Waals surface area contributed by atoms with E-state index >= 15 is 0 Å². The molecule has 1 rings (SSSR count). The van der Waals surface area contributed by atoms with Crippen LogP contribution in [0.5, 0.6) is 0 Å². The van der Waals surface area contributed by atoms with Gasteiger partial charge in [0.15, 0.2) is 0 Å². The molecular formula is C13H27N. The van der Waals surface area contributed by atoms with E-state index in [4.69, 9.17) is 0 Å². The normalized spacial score (nSPS) is 21.2. The molecule has 0 unspecified atom stereocenters. The first-order valence-electron chi connectivity index (χ1n) is 6.35. The number of hydrogen-bond donors (Lipinski definition) is 0. The molecular weight excluding hydrogens is 170 g/mol. The van der Waals surface area contributed by atoms with Gasteiger partial charge in [-0.3, -0.25) is 0 Å². The molecule has 0 saturated heterocycles. The maximum atomic E-state index is 2.70. The highest BCUT2D eigenvalue weighted by molar-refractivity contribution is 4.92. The van der Waals surface area contributed by atoms with Gasteiger partial charge in [-0.25, -0.2) is 0 Å². The molecule has 0 N–H and O–H groups in total. The van der Waals surface area contributed by atoms with Gasteiger partial charge in [-0.2, -0.15) is 0 Å². The van der Waals surface area contributed by atoms with Gasteiger partial charge in [0.05, 0.1) is 0 Å². The average Bonchev–Trinajstić information content (AvgIpc) is 2.90. The van der Waals surface area contributed by atoms with Crippen molar-refractivity contribution < 1.29 is 0 Å². The third kappa shape index (κ3) is 3.61. The first-order chi connectivity index (χ1) is 6.61. The molecule has 1 aliphatic rings. The van der Waals surface area contributed by atoms with E-state index in [1.165, 1.54) is 45.2 Å². The van der Waals surface area contributed by atoms with Crippen LogP contribution >= 0.6 is 0 Å². The van der Waals surface area contributed by atoms with Crippen molar-refractivity contribution in [3.05, 3.63) is 0 Å². The van der Waals surface area contributed by atoms with Crippen molar-refractivity contribution in [2.24, 2.45) is 5.41 Å². The molecule has 84 valence electrons. The Bertz CT molecular complexity index is 161. The van der Waals surface area contributed by atoms with Crippen LogP contribution in [0, 0.1) is 5.41 Å². The van der Waals surface area contributed by atoms with Crippen LogP contribution in [-0.2, 0) is 0 Å². The van der Waals surface area contributed by atoms with Crippen LogP contribution in [0.3, 0.4) is 0 Å². The third-order valence-electron chi connectivity index (χ3n) is 3.70. The molecule has 1 aliphatic carbocycles. The number of unbranched alkanes of at least 4 members (excludes halogenated alkanes) is 1. The molecule has 0 amide bonds. The highest BCUT2D eigenvalue weighted by atomic mass is 15.2. The summed E-state index contributed by atoms with van der Waals surface area (Å²) in [5.74, 6) is 0. The van der Waals surface area contributed by atoms with Crippen LogP contribution in [0.4, 0.5) is 0 Å². The molecule has 1 saturated carbocycles. The lowest BCUT2D eigenvalue weighted by Gasteiger charge is -2.31. The zero-order valence-corrected chi connectivity index (χ0v) is 10.5. The van der Waals surface area contributed by atoms with Crippen LogP contribution in [0.25, 0.3) is 0 Å². The summed E-state index contributed by atoms with van der Waals surface area (Å²) < 4.78 is 0. The van der Waals surface area contributed by atoms with E-state index in [2.05, 4.69) is 32.6 Å².